The fourth-order valence-electron chi connectivity index (χ4n) is 11.0. The van der Waals surface area contributed by atoms with E-state index in [1.54, 1.807) is 0 Å². The zero-order valence-corrected chi connectivity index (χ0v) is 35.1. The van der Waals surface area contributed by atoms with Gasteiger partial charge in [0.25, 0.3) is 0 Å². The monoisotopic (exact) mass is 780 g/mol. The van der Waals surface area contributed by atoms with E-state index < -0.39 is 0 Å². The van der Waals surface area contributed by atoms with E-state index in [0.717, 1.165) is 12.8 Å². The summed E-state index contributed by atoms with van der Waals surface area (Å²) < 4.78 is 0. The number of benzene rings is 10. The third kappa shape index (κ3) is 5.88. The van der Waals surface area contributed by atoms with Gasteiger partial charge in [0.2, 0.25) is 0 Å². The van der Waals surface area contributed by atoms with Crippen molar-refractivity contribution in [3.05, 3.63) is 217 Å². The molecule has 0 heteroatoms. The fraction of sp³-hybridized carbons (Fsp3) is 0.115. The summed E-state index contributed by atoms with van der Waals surface area (Å²) in [7, 11) is 0. The minimum Gasteiger partial charge on any atom is -0.0653 e. The topological polar surface area (TPSA) is 0 Å². The first-order chi connectivity index (χ1) is 30.0. The predicted octanol–water partition coefficient (Wildman–Crippen LogP) is 17.2. The molecule has 0 fully saturated rings. The van der Waals surface area contributed by atoms with E-state index in [1.165, 1.54) is 110 Å². The standard InChI is InChI=1S/C61H48/c1-4-35-61(40(2)3)57-30-18-17-25-50(57)51-32-31-43(39-58(51)61)59-52-26-13-15-28-54(52)60(55-29-16-14-27-53(55)59)56-34-33-47(48-23-11-12-24-49(48)56)46-37-44(41-19-7-5-8-20-41)36-45(38-46)42-21-9-6-10-22-42/h5-34,36-40H,4,35H2,1-3H3. The number of rotatable bonds is 8. The van der Waals surface area contributed by atoms with Crippen LogP contribution in [-0.2, 0) is 5.41 Å². The van der Waals surface area contributed by atoms with Gasteiger partial charge in [-0.2, -0.15) is 0 Å². The molecular weight excluding hydrogens is 733 g/mol. The highest BCUT2D eigenvalue weighted by Crippen LogP contribution is 2.56. The molecule has 0 amide bonds. The normalized spacial score (nSPS) is 14.5. The second kappa shape index (κ2) is 14.9. The Labute approximate surface area is 359 Å². The van der Waals surface area contributed by atoms with E-state index >= 15 is 0 Å². The molecule has 0 nitrogen and oxygen atoms in total. The number of fused-ring (bicyclic) bond motifs is 6. The smallest absolute Gasteiger partial charge is 0.0238 e. The lowest BCUT2D eigenvalue weighted by atomic mass is 9.66. The molecule has 0 heterocycles. The molecule has 1 unspecified atom stereocenters. The summed E-state index contributed by atoms with van der Waals surface area (Å²) in [5.74, 6) is 0.461. The van der Waals surface area contributed by atoms with Crippen LogP contribution in [0.25, 0.3) is 99.1 Å². The van der Waals surface area contributed by atoms with Crippen LogP contribution >= 0.6 is 0 Å². The molecule has 0 saturated heterocycles. The first-order valence-electron chi connectivity index (χ1n) is 22.0. The summed E-state index contributed by atoms with van der Waals surface area (Å²) in [5.41, 5.74) is 18.2. The SMILES string of the molecule is CCCC1(C(C)C)c2ccccc2-c2ccc(-c3c4ccccc4c(-c4ccc(-c5cc(-c6ccccc6)cc(-c6ccccc6)c5)c5ccccc45)c4ccccc34)cc21. The maximum absolute atomic E-state index is 2.57. The van der Waals surface area contributed by atoms with Crippen LogP contribution in [0.1, 0.15) is 44.7 Å². The van der Waals surface area contributed by atoms with Crippen LogP contribution < -0.4 is 0 Å². The molecule has 0 N–H and O–H groups in total. The number of hydrogen-bond acceptors (Lipinski definition) is 0. The average molecular weight is 781 g/mol. The van der Waals surface area contributed by atoms with Crippen LogP contribution in [0.4, 0.5) is 0 Å². The zero-order valence-electron chi connectivity index (χ0n) is 35.1. The summed E-state index contributed by atoms with van der Waals surface area (Å²) in [6.45, 7) is 7.19. The van der Waals surface area contributed by atoms with Gasteiger partial charge in [-0.15, -0.1) is 0 Å². The predicted molar refractivity (Wildman–Crippen MR) is 262 cm³/mol. The second-order valence-electron chi connectivity index (χ2n) is 17.3. The molecule has 0 bridgehead atoms. The van der Waals surface area contributed by atoms with Crippen molar-refractivity contribution in [3.8, 4) is 66.8 Å². The molecule has 1 aliphatic rings. The maximum Gasteiger partial charge on any atom is 0.0238 e. The summed E-state index contributed by atoms with van der Waals surface area (Å²) in [4.78, 5) is 0. The minimum atomic E-state index is -0.0225. The Kier molecular flexibility index (Phi) is 9.05. The first kappa shape index (κ1) is 37.0. The summed E-state index contributed by atoms with van der Waals surface area (Å²) in [5, 5.41) is 7.63. The van der Waals surface area contributed by atoms with Crippen molar-refractivity contribution in [2.24, 2.45) is 5.92 Å². The van der Waals surface area contributed by atoms with E-state index in [1.807, 2.05) is 0 Å². The van der Waals surface area contributed by atoms with Crippen LogP contribution in [0.5, 0.6) is 0 Å². The molecule has 11 rings (SSSR count). The van der Waals surface area contributed by atoms with Gasteiger partial charge in [-0.25, -0.2) is 0 Å². The van der Waals surface area contributed by atoms with Gasteiger partial charge in [0.05, 0.1) is 0 Å². The van der Waals surface area contributed by atoms with E-state index in [4.69, 9.17) is 0 Å². The van der Waals surface area contributed by atoms with Crippen molar-refractivity contribution in [1.29, 1.82) is 0 Å². The highest BCUT2D eigenvalue weighted by Gasteiger charge is 2.44. The van der Waals surface area contributed by atoms with Gasteiger partial charge in [-0.3, -0.25) is 0 Å². The Hall–Kier alpha value is -7.02. The lowest BCUT2D eigenvalue weighted by molar-refractivity contribution is 0.349. The van der Waals surface area contributed by atoms with Crippen molar-refractivity contribution in [2.75, 3.05) is 0 Å². The molecule has 0 radical (unpaired) electrons. The van der Waals surface area contributed by atoms with Crippen LogP contribution in [0.15, 0.2) is 206 Å². The lowest BCUT2D eigenvalue weighted by Gasteiger charge is -2.36. The molecule has 0 aromatic heterocycles. The Bertz CT molecular complexity index is 3160. The maximum atomic E-state index is 2.57. The molecular formula is C61H48. The quantitative estimate of drug-likeness (QED) is 0.135. The van der Waals surface area contributed by atoms with Gasteiger partial charge >= 0.3 is 0 Å². The molecule has 0 spiro atoms. The lowest BCUT2D eigenvalue weighted by Crippen LogP contribution is -2.31. The molecule has 10 aromatic carbocycles. The van der Waals surface area contributed by atoms with Crippen molar-refractivity contribution in [3.63, 3.8) is 0 Å². The van der Waals surface area contributed by atoms with Crippen molar-refractivity contribution in [2.45, 2.75) is 39.0 Å². The highest BCUT2D eigenvalue weighted by molar-refractivity contribution is 6.24. The van der Waals surface area contributed by atoms with E-state index in [0.29, 0.717) is 5.92 Å². The average Bonchev–Trinajstić information content (AvgIpc) is 3.60. The van der Waals surface area contributed by atoms with Crippen LogP contribution in [0.3, 0.4) is 0 Å². The third-order valence-corrected chi connectivity index (χ3v) is 13.7. The molecule has 0 saturated carbocycles. The van der Waals surface area contributed by atoms with E-state index in [-0.39, 0.29) is 5.41 Å². The van der Waals surface area contributed by atoms with E-state index in [9.17, 15) is 0 Å². The molecule has 292 valence electrons. The Morgan fingerprint density at radius 2 is 0.770 bits per heavy atom. The van der Waals surface area contributed by atoms with Crippen molar-refractivity contribution >= 4 is 32.3 Å². The first-order valence-corrected chi connectivity index (χ1v) is 22.0. The number of hydrogen-bond donors (Lipinski definition) is 0. The highest BCUT2D eigenvalue weighted by atomic mass is 14.5. The summed E-state index contributed by atoms with van der Waals surface area (Å²) >= 11 is 0. The Balaban J connectivity index is 1.14. The van der Waals surface area contributed by atoms with E-state index in [2.05, 4.69) is 227 Å². The van der Waals surface area contributed by atoms with Crippen LogP contribution in [-0.4, -0.2) is 0 Å². The zero-order chi connectivity index (χ0) is 41.1. The van der Waals surface area contributed by atoms with Gasteiger partial charge in [0.15, 0.2) is 0 Å². The van der Waals surface area contributed by atoms with Gasteiger partial charge in [-0.1, -0.05) is 209 Å². The van der Waals surface area contributed by atoms with Gasteiger partial charge in [0.1, 0.15) is 0 Å². The third-order valence-electron chi connectivity index (χ3n) is 13.7. The second-order valence-corrected chi connectivity index (χ2v) is 17.3. The van der Waals surface area contributed by atoms with Crippen molar-refractivity contribution in [1.82, 2.24) is 0 Å². The molecule has 10 aromatic rings. The largest absolute Gasteiger partial charge is 0.0653 e. The molecule has 61 heavy (non-hydrogen) atoms. The Morgan fingerprint density at radius 3 is 1.34 bits per heavy atom. The van der Waals surface area contributed by atoms with Crippen molar-refractivity contribution < 1.29 is 0 Å². The summed E-state index contributed by atoms with van der Waals surface area (Å²) in [6, 6.07) is 77.2. The van der Waals surface area contributed by atoms with Crippen LogP contribution in [0.2, 0.25) is 0 Å². The van der Waals surface area contributed by atoms with Gasteiger partial charge < -0.3 is 0 Å². The molecule has 1 atom stereocenters. The Morgan fingerprint density at radius 1 is 0.328 bits per heavy atom. The van der Waals surface area contributed by atoms with Crippen LogP contribution in [0, 0.1) is 5.92 Å². The molecule has 1 aliphatic carbocycles. The minimum absolute atomic E-state index is 0.0225. The summed E-state index contributed by atoms with van der Waals surface area (Å²) in [6.07, 6.45) is 2.27. The van der Waals surface area contributed by atoms with Gasteiger partial charge in [0, 0.05) is 5.41 Å². The fourth-order valence-corrected chi connectivity index (χ4v) is 11.0. The van der Waals surface area contributed by atoms with Gasteiger partial charge in [-0.05, 0) is 147 Å². The molecule has 0 aliphatic heterocycles.